The lowest BCUT2D eigenvalue weighted by atomic mass is 9.97. The van der Waals surface area contributed by atoms with Crippen LogP contribution >= 0.6 is 19.3 Å². The number of rotatable bonds is 4. The van der Waals surface area contributed by atoms with Gasteiger partial charge in [0, 0.05) is 20.2 Å². The predicted molar refractivity (Wildman–Crippen MR) is 220 cm³/mol. The van der Waals surface area contributed by atoms with Gasteiger partial charge in [-0.3, -0.25) is 0 Å². The van der Waals surface area contributed by atoms with Gasteiger partial charge in [-0.05, 0) is 114 Å². The minimum Gasteiger partial charge on any atom is -0.135 e. The molecule has 1 heterocycles. The van der Waals surface area contributed by atoms with Gasteiger partial charge in [0.25, 0.3) is 0 Å². The molecule has 0 saturated heterocycles. The van der Waals surface area contributed by atoms with Crippen LogP contribution in [0.2, 0.25) is 0 Å². The molecule has 1 aromatic heterocycles. The fraction of sp³-hybridized carbons (Fsp3) is 0. The van der Waals surface area contributed by atoms with E-state index in [2.05, 4.69) is 176 Å². The SMILES string of the molecule is c1ccc2c(c1)-c1cccc3c1c-2cc1sc2cc(-c4ccc(P(c5ccc6ccccc6c5)c5ccc6ccccc6c5)cc4)ccc2c13. The zero-order valence-corrected chi connectivity index (χ0v) is 28.8. The largest absolute Gasteiger partial charge is 0.135 e. The molecule has 0 amide bonds. The van der Waals surface area contributed by atoms with E-state index < -0.39 is 7.92 Å². The van der Waals surface area contributed by atoms with E-state index >= 15 is 0 Å². The second kappa shape index (κ2) is 11.0. The monoisotopic (exact) mass is 668 g/mol. The fourth-order valence-electron chi connectivity index (χ4n) is 8.20. The van der Waals surface area contributed by atoms with Gasteiger partial charge in [-0.25, -0.2) is 0 Å². The Bertz CT molecular complexity index is 2910. The fourth-order valence-corrected chi connectivity index (χ4v) is 11.7. The van der Waals surface area contributed by atoms with Gasteiger partial charge < -0.3 is 0 Å². The van der Waals surface area contributed by atoms with Crippen molar-refractivity contribution >= 4 is 87.7 Å². The van der Waals surface area contributed by atoms with Crippen molar-refractivity contribution in [2.75, 3.05) is 0 Å². The Morgan fingerprint density at radius 1 is 0.320 bits per heavy atom. The lowest BCUT2D eigenvalue weighted by Crippen LogP contribution is -2.20. The summed E-state index contributed by atoms with van der Waals surface area (Å²) in [5.41, 5.74) is 7.95. The van der Waals surface area contributed by atoms with Crippen molar-refractivity contribution < 1.29 is 0 Å². The lowest BCUT2D eigenvalue weighted by molar-refractivity contribution is 1.68. The zero-order chi connectivity index (χ0) is 32.8. The molecule has 0 fully saturated rings. The predicted octanol–water partition coefficient (Wildman–Crippen LogP) is 12.6. The first kappa shape index (κ1) is 28.3. The highest BCUT2D eigenvalue weighted by molar-refractivity contribution is 7.79. The minimum absolute atomic E-state index is 0.750. The van der Waals surface area contributed by atoms with Crippen molar-refractivity contribution in [3.63, 3.8) is 0 Å². The van der Waals surface area contributed by atoms with E-state index in [1.165, 1.54) is 102 Å². The van der Waals surface area contributed by atoms with Gasteiger partial charge in [-0.15, -0.1) is 11.3 Å². The van der Waals surface area contributed by atoms with E-state index in [9.17, 15) is 0 Å². The third-order valence-electron chi connectivity index (χ3n) is 10.5. The molecule has 0 spiro atoms. The Labute approximate surface area is 295 Å². The van der Waals surface area contributed by atoms with Gasteiger partial charge in [0.1, 0.15) is 0 Å². The number of hydrogen-bond acceptors (Lipinski definition) is 1. The molecule has 0 aliphatic heterocycles. The maximum Gasteiger partial charge on any atom is 0.0368 e. The van der Waals surface area contributed by atoms with Crippen LogP contribution in [0.1, 0.15) is 0 Å². The van der Waals surface area contributed by atoms with Crippen LogP contribution in [-0.4, -0.2) is 0 Å². The van der Waals surface area contributed by atoms with E-state index in [-0.39, 0.29) is 0 Å². The second-order valence-electron chi connectivity index (χ2n) is 13.3. The van der Waals surface area contributed by atoms with Gasteiger partial charge in [0.2, 0.25) is 0 Å². The first-order valence-corrected chi connectivity index (χ1v) is 19.3. The second-order valence-corrected chi connectivity index (χ2v) is 16.6. The summed E-state index contributed by atoms with van der Waals surface area (Å²) in [7, 11) is -0.750. The van der Waals surface area contributed by atoms with Crippen molar-refractivity contribution in [1.29, 1.82) is 0 Å². The van der Waals surface area contributed by atoms with Crippen molar-refractivity contribution in [2.45, 2.75) is 0 Å². The van der Waals surface area contributed by atoms with Crippen LogP contribution in [0.4, 0.5) is 0 Å². The molecule has 1 aliphatic carbocycles. The van der Waals surface area contributed by atoms with E-state index in [0.29, 0.717) is 0 Å². The summed E-state index contributed by atoms with van der Waals surface area (Å²) >= 11 is 1.92. The molecular weight excluding hydrogens is 640 g/mol. The molecule has 232 valence electrons. The van der Waals surface area contributed by atoms with E-state index in [0.717, 1.165) is 0 Å². The molecule has 0 N–H and O–H groups in total. The van der Waals surface area contributed by atoms with Crippen molar-refractivity contribution in [1.82, 2.24) is 0 Å². The van der Waals surface area contributed by atoms with Crippen LogP contribution in [0.15, 0.2) is 176 Å². The van der Waals surface area contributed by atoms with Gasteiger partial charge in [0.15, 0.2) is 0 Å². The number of benzene rings is 9. The first-order chi connectivity index (χ1) is 24.8. The lowest BCUT2D eigenvalue weighted by Gasteiger charge is -2.21. The van der Waals surface area contributed by atoms with Crippen molar-refractivity contribution in [3.8, 4) is 33.4 Å². The summed E-state index contributed by atoms with van der Waals surface area (Å²) in [6, 6.07) is 66.0. The zero-order valence-electron chi connectivity index (χ0n) is 27.1. The highest BCUT2D eigenvalue weighted by Gasteiger charge is 2.24. The molecule has 9 aromatic carbocycles. The summed E-state index contributed by atoms with van der Waals surface area (Å²) in [5.74, 6) is 0. The van der Waals surface area contributed by atoms with E-state index in [4.69, 9.17) is 0 Å². The molecule has 0 radical (unpaired) electrons. The van der Waals surface area contributed by atoms with Gasteiger partial charge in [-0.2, -0.15) is 0 Å². The van der Waals surface area contributed by atoms with E-state index in [1.807, 2.05) is 11.3 Å². The van der Waals surface area contributed by atoms with Crippen LogP contribution in [0.3, 0.4) is 0 Å². The summed E-state index contributed by atoms with van der Waals surface area (Å²) in [6.45, 7) is 0. The molecule has 0 unspecified atom stereocenters. The van der Waals surface area contributed by atoms with Crippen LogP contribution in [0.5, 0.6) is 0 Å². The van der Waals surface area contributed by atoms with Crippen molar-refractivity contribution in [3.05, 3.63) is 176 Å². The molecule has 0 saturated carbocycles. The molecule has 1 aliphatic rings. The Kier molecular flexibility index (Phi) is 6.20. The molecule has 0 nitrogen and oxygen atoms in total. The standard InChI is InChI=1S/C48H29PS/c1-3-10-33-26-37(23-18-30(33)8-1)49(38-24-19-31-9-2-4-11-34(31)27-38)36-21-16-32(17-22-36)35-20-25-42-45(28-35)50-46-29-44-40-13-6-5-12-39(40)41-14-7-15-43(47(41)44)48(42)46/h1-29H. The summed E-state index contributed by atoms with van der Waals surface area (Å²) in [4.78, 5) is 0. The minimum atomic E-state index is -0.750. The van der Waals surface area contributed by atoms with Gasteiger partial charge in [0.05, 0.1) is 0 Å². The average molecular weight is 669 g/mol. The summed E-state index contributed by atoms with van der Waals surface area (Å²) < 4.78 is 2.70. The summed E-state index contributed by atoms with van der Waals surface area (Å²) in [5, 5.41) is 14.8. The maximum atomic E-state index is 2.44. The van der Waals surface area contributed by atoms with Crippen LogP contribution in [0, 0.1) is 0 Å². The Balaban J connectivity index is 1.02. The average Bonchev–Trinajstić information content (AvgIpc) is 3.71. The van der Waals surface area contributed by atoms with Crippen LogP contribution in [0.25, 0.3) is 85.9 Å². The first-order valence-electron chi connectivity index (χ1n) is 17.2. The quantitative estimate of drug-likeness (QED) is 0.164. The number of hydrogen-bond donors (Lipinski definition) is 0. The van der Waals surface area contributed by atoms with E-state index in [1.54, 1.807) is 0 Å². The third kappa shape index (κ3) is 4.28. The Hall–Kier alpha value is -5.59. The molecule has 10 aromatic rings. The highest BCUT2D eigenvalue weighted by Crippen LogP contribution is 2.52. The maximum absolute atomic E-state index is 2.44. The van der Waals surface area contributed by atoms with Crippen molar-refractivity contribution in [2.24, 2.45) is 0 Å². The molecule has 11 rings (SSSR count). The Morgan fingerprint density at radius 2 is 0.900 bits per heavy atom. The van der Waals surface area contributed by atoms with Gasteiger partial charge in [-0.1, -0.05) is 152 Å². The smallest absolute Gasteiger partial charge is 0.0368 e. The molecule has 2 heteroatoms. The normalized spacial score (nSPS) is 12.2. The topological polar surface area (TPSA) is 0 Å². The molecule has 50 heavy (non-hydrogen) atoms. The number of thiophene rings is 1. The Morgan fingerprint density at radius 3 is 1.60 bits per heavy atom. The third-order valence-corrected chi connectivity index (χ3v) is 14.0. The number of fused-ring (bicyclic) bond motifs is 9. The highest BCUT2D eigenvalue weighted by atomic mass is 32.1. The molecular formula is C48H29PS. The van der Waals surface area contributed by atoms with Gasteiger partial charge >= 0.3 is 0 Å². The molecule has 0 bridgehead atoms. The van der Waals surface area contributed by atoms with Crippen LogP contribution in [-0.2, 0) is 0 Å². The molecule has 0 atom stereocenters. The van der Waals surface area contributed by atoms with Crippen LogP contribution < -0.4 is 15.9 Å². The summed E-state index contributed by atoms with van der Waals surface area (Å²) in [6.07, 6.45) is 0.